The molecule has 0 radical (unpaired) electrons. The Hall–Kier alpha value is -2.24. The highest BCUT2D eigenvalue weighted by Gasteiger charge is 2.45. The van der Waals surface area contributed by atoms with Crippen molar-refractivity contribution in [1.82, 2.24) is 18.5 Å². The lowest BCUT2D eigenvalue weighted by Gasteiger charge is -2.27. The minimum Gasteiger partial charge on any atom is -0.320 e. The fraction of sp³-hybridized carbons (Fsp3) is 0.615. The number of fused-ring (bicyclic) bond motifs is 1. The first-order valence-corrected chi connectivity index (χ1v) is 15.6. The first-order valence-electron chi connectivity index (χ1n) is 13.4. The van der Waals surface area contributed by atoms with Gasteiger partial charge in [-0.15, -0.1) is 14.5 Å². The average molecular weight is 550 g/mol. The summed E-state index contributed by atoms with van der Waals surface area (Å²) in [4.78, 5) is 25.7. The number of hydrogen-bond donors (Lipinski definition) is 1. The van der Waals surface area contributed by atoms with Crippen molar-refractivity contribution in [1.29, 1.82) is 0 Å². The SMILES string of the molecule is CCCCCCCCCCCCCCC(N)C(=O)N1C(=O)Sc2nnc(-c3ccc(C)cc3)n2S1(=O)=O. The number of carbonyl (C=O) groups is 2. The number of hydrogen-bond acceptors (Lipinski definition) is 8. The summed E-state index contributed by atoms with van der Waals surface area (Å²) < 4.78 is 27.8. The van der Waals surface area contributed by atoms with Crippen LogP contribution < -0.4 is 5.73 Å². The second kappa shape index (κ2) is 14.1. The van der Waals surface area contributed by atoms with Crippen LogP contribution in [0.1, 0.15) is 96.0 Å². The number of benzene rings is 1. The van der Waals surface area contributed by atoms with Gasteiger partial charge in [-0.05, 0) is 13.3 Å². The lowest BCUT2D eigenvalue weighted by atomic mass is 10.0. The van der Waals surface area contributed by atoms with Crippen LogP contribution in [0.5, 0.6) is 0 Å². The van der Waals surface area contributed by atoms with E-state index in [2.05, 4.69) is 17.1 Å². The van der Waals surface area contributed by atoms with Gasteiger partial charge in [-0.2, -0.15) is 12.4 Å². The van der Waals surface area contributed by atoms with Crippen molar-refractivity contribution in [2.75, 3.05) is 0 Å². The Kier molecular flexibility index (Phi) is 11.1. The zero-order chi connectivity index (χ0) is 26.8. The monoisotopic (exact) mass is 549 g/mol. The second-order valence-electron chi connectivity index (χ2n) is 9.70. The topological polar surface area (TPSA) is 128 Å². The Morgan fingerprint density at radius 3 is 2.03 bits per heavy atom. The Bertz CT molecular complexity index is 1150. The molecule has 2 amide bonds. The van der Waals surface area contributed by atoms with Gasteiger partial charge in [0.1, 0.15) is 0 Å². The van der Waals surface area contributed by atoms with Crippen LogP contribution in [0.4, 0.5) is 4.79 Å². The molecule has 2 N–H and O–H groups in total. The normalized spacial score (nSPS) is 15.5. The van der Waals surface area contributed by atoms with E-state index in [1.54, 1.807) is 12.1 Å². The van der Waals surface area contributed by atoms with Crippen LogP contribution in [0.25, 0.3) is 11.4 Å². The smallest absolute Gasteiger partial charge is 0.320 e. The third kappa shape index (κ3) is 7.64. The van der Waals surface area contributed by atoms with Gasteiger partial charge in [0.15, 0.2) is 5.82 Å². The maximum Gasteiger partial charge on any atom is 0.343 e. The fourth-order valence-electron chi connectivity index (χ4n) is 4.39. The molecule has 1 aliphatic heterocycles. The molecular weight excluding hydrogens is 510 g/mol. The van der Waals surface area contributed by atoms with Crippen molar-refractivity contribution < 1.29 is 18.0 Å². The third-order valence-electron chi connectivity index (χ3n) is 6.60. The molecule has 1 aromatic heterocycles. The molecule has 0 fully saturated rings. The van der Waals surface area contributed by atoms with E-state index >= 15 is 0 Å². The number of thioether (sulfide) groups is 1. The summed E-state index contributed by atoms with van der Waals surface area (Å²) in [6, 6.07) is 5.99. The van der Waals surface area contributed by atoms with Crippen molar-refractivity contribution in [2.24, 2.45) is 5.73 Å². The average Bonchev–Trinajstić information content (AvgIpc) is 3.29. The predicted octanol–water partition coefficient (Wildman–Crippen LogP) is 5.82. The Balaban J connectivity index is 1.49. The van der Waals surface area contributed by atoms with E-state index in [1.807, 2.05) is 19.1 Å². The van der Waals surface area contributed by atoms with Gasteiger partial charge in [0.25, 0.3) is 5.91 Å². The van der Waals surface area contributed by atoms with Crippen LogP contribution in [-0.4, -0.2) is 44.1 Å². The van der Waals surface area contributed by atoms with Crippen LogP contribution in [0.2, 0.25) is 0 Å². The van der Waals surface area contributed by atoms with Crippen molar-refractivity contribution in [3.63, 3.8) is 0 Å². The number of nitrogens with two attached hydrogens (primary N) is 1. The maximum atomic E-state index is 13.4. The number of carbonyl (C=O) groups excluding carboxylic acids is 2. The first-order chi connectivity index (χ1) is 17.8. The van der Waals surface area contributed by atoms with E-state index < -0.39 is 27.4 Å². The lowest BCUT2D eigenvalue weighted by molar-refractivity contribution is -0.125. The van der Waals surface area contributed by atoms with Gasteiger partial charge in [0.05, 0.1) is 6.04 Å². The number of unbranched alkanes of at least 4 members (excludes halogenated alkanes) is 11. The summed E-state index contributed by atoms with van der Waals surface area (Å²) in [6.45, 7) is 4.14. The molecule has 0 saturated heterocycles. The Morgan fingerprint density at radius 1 is 0.919 bits per heavy atom. The molecule has 1 atom stereocenters. The molecule has 0 spiro atoms. The van der Waals surface area contributed by atoms with Gasteiger partial charge in [-0.25, -0.2) is 0 Å². The van der Waals surface area contributed by atoms with E-state index in [-0.39, 0.29) is 15.3 Å². The van der Waals surface area contributed by atoms with E-state index in [9.17, 15) is 18.0 Å². The van der Waals surface area contributed by atoms with Crippen molar-refractivity contribution in [3.8, 4) is 11.4 Å². The largest absolute Gasteiger partial charge is 0.343 e. The fourth-order valence-corrected chi connectivity index (χ4v) is 7.07. The molecule has 0 aliphatic carbocycles. The van der Waals surface area contributed by atoms with Crippen LogP contribution in [0.3, 0.4) is 0 Å². The maximum absolute atomic E-state index is 13.4. The van der Waals surface area contributed by atoms with E-state index in [1.165, 1.54) is 51.4 Å². The quantitative estimate of drug-likeness (QED) is 0.275. The summed E-state index contributed by atoms with van der Waals surface area (Å²) in [5.41, 5.74) is 7.57. The zero-order valence-corrected chi connectivity index (χ0v) is 23.5. The van der Waals surface area contributed by atoms with Crippen LogP contribution in [0.15, 0.2) is 29.4 Å². The minimum atomic E-state index is -4.55. The van der Waals surface area contributed by atoms with Gasteiger partial charge in [0, 0.05) is 17.3 Å². The highest BCUT2D eigenvalue weighted by Crippen LogP contribution is 2.34. The van der Waals surface area contributed by atoms with Crippen LogP contribution in [0, 0.1) is 6.92 Å². The molecule has 0 saturated carbocycles. The Morgan fingerprint density at radius 2 is 1.46 bits per heavy atom. The van der Waals surface area contributed by atoms with E-state index in [0.29, 0.717) is 30.2 Å². The number of rotatable bonds is 15. The summed E-state index contributed by atoms with van der Waals surface area (Å²) in [5.74, 6) is -0.878. The second-order valence-corrected chi connectivity index (χ2v) is 12.2. The molecule has 1 unspecified atom stereocenters. The molecule has 9 nitrogen and oxygen atoms in total. The predicted molar refractivity (Wildman–Crippen MR) is 146 cm³/mol. The summed E-state index contributed by atoms with van der Waals surface area (Å²) in [5, 5.41) is 6.79. The van der Waals surface area contributed by atoms with Gasteiger partial charge in [0.2, 0.25) is 5.16 Å². The summed E-state index contributed by atoms with van der Waals surface area (Å²) in [6.07, 6.45) is 14.5. The van der Waals surface area contributed by atoms with E-state index in [0.717, 1.165) is 28.8 Å². The molecule has 2 heterocycles. The van der Waals surface area contributed by atoms with Crippen LogP contribution in [-0.2, 0) is 15.0 Å². The van der Waals surface area contributed by atoms with Gasteiger partial charge >= 0.3 is 15.4 Å². The van der Waals surface area contributed by atoms with Gasteiger partial charge in [-0.3, -0.25) is 9.59 Å². The van der Waals surface area contributed by atoms with Gasteiger partial charge in [-0.1, -0.05) is 114 Å². The zero-order valence-electron chi connectivity index (χ0n) is 21.9. The highest BCUT2D eigenvalue weighted by atomic mass is 32.2. The van der Waals surface area contributed by atoms with Crippen molar-refractivity contribution >= 4 is 33.1 Å². The Labute approximate surface area is 224 Å². The van der Waals surface area contributed by atoms with E-state index in [4.69, 9.17) is 5.73 Å². The molecular formula is C26H39N5O4S2. The first kappa shape index (κ1) is 29.3. The van der Waals surface area contributed by atoms with Crippen molar-refractivity contribution in [2.45, 2.75) is 109 Å². The third-order valence-corrected chi connectivity index (χ3v) is 9.25. The number of aryl methyl sites for hydroxylation is 1. The summed E-state index contributed by atoms with van der Waals surface area (Å²) >= 11 is 0.554. The highest BCUT2D eigenvalue weighted by molar-refractivity contribution is 8.15. The van der Waals surface area contributed by atoms with Crippen LogP contribution >= 0.6 is 11.8 Å². The molecule has 204 valence electrons. The molecule has 0 bridgehead atoms. The molecule has 1 aliphatic rings. The molecule has 11 heteroatoms. The van der Waals surface area contributed by atoms with Crippen molar-refractivity contribution in [3.05, 3.63) is 29.8 Å². The molecule has 3 rings (SSSR count). The summed E-state index contributed by atoms with van der Waals surface area (Å²) in [7, 11) is -4.55. The standard InChI is InChI=1S/C26H39N5O4S2/c1-3-4-5-6-7-8-9-10-11-12-13-14-15-22(27)24(32)31-26(33)36-25-29-28-23(30(25)37(31,34)35)21-18-16-20(2)17-19-21/h16-19,22H,3-15,27H2,1-2H3. The molecule has 1 aromatic carbocycles. The molecule has 37 heavy (non-hydrogen) atoms. The number of nitrogens with zero attached hydrogens (tertiary/aromatic N) is 4. The number of amides is 2. The number of aromatic nitrogens is 3. The minimum absolute atomic E-state index is 0.0438. The number of imide groups is 1. The molecule has 2 aromatic rings. The lowest BCUT2D eigenvalue weighted by Crippen LogP contribution is -2.52. The van der Waals surface area contributed by atoms with Gasteiger partial charge < -0.3 is 5.73 Å².